The highest BCUT2D eigenvalue weighted by Gasteiger charge is 2.23. The minimum Gasteiger partial charge on any atom is -0.339 e. The van der Waals surface area contributed by atoms with Gasteiger partial charge in [0.05, 0.1) is 40.7 Å². The fourth-order valence-corrected chi connectivity index (χ4v) is 4.44. The second-order valence-corrected chi connectivity index (χ2v) is 9.09. The van der Waals surface area contributed by atoms with Crippen molar-refractivity contribution in [1.29, 1.82) is 0 Å². The molecule has 1 atom stereocenters. The minimum absolute atomic E-state index is 0.0572. The minimum atomic E-state index is -0.301. The molecule has 0 aromatic carbocycles. The number of H-pyrrole nitrogens is 1. The molecule has 4 aromatic rings. The summed E-state index contributed by atoms with van der Waals surface area (Å²) in [7, 11) is 3.91. The number of aromatic nitrogens is 5. The molecule has 1 aliphatic rings. The Kier molecular flexibility index (Phi) is 6.04. The molecule has 1 unspecified atom stereocenters. The Balaban J connectivity index is 1.29. The summed E-state index contributed by atoms with van der Waals surface area (Å²) in [6, 6.07) is 5.74. The van der Waals surface area contributed by atoms with Crippen LogP contribution in [0.3, 0.4) is 0 Å². The standard InChI is InChI=1S/C25H28N8O2/c1-15-21(9-19(13-26-15)29-23(34)10-20-5-4-6-32(20)2)31-25(35)17-7-16-8-22(30-24(16)27-11-17)18-12-28-33(3)14-18/h7-9,11-14,20H,4-6,10H2,1-3H3,(H,27,30)(H,29,34)(H,31,35). The lowest BCUT2D eigenvalue weighted by molar-refractivity contribution is -0.117. The first-order chi connectivity index (χ1) is 16.9. The van der Waals surface area contributed by atoms with Gasteiger partial charge in [-0.15, -0.1) is 0 Å². The molecule has 4 aromatic heterocycles. The van der Waals surface area contributed by atoms with Gasteiger partial charge in [-0.25, -0.2) is 4.98 Å². The number of rotatable bonds is 6. The molecule has 0 bridgehead atoms. The zero-order valence-corrected chi connectivity index (χ0v) is 20.0. The van der Waals surface area contributed by atoms with Gasteiger partial charge in [0.2, 0.25) is 5.91 Å². The molecule has 1 fully saturated rings. The number of hydrogen-bond acceptors (Lipinski definition) is 6. The number of nitrogens with zero attached hydrogens (tertiary/aromatic N) is 5. The van der Waals surface area contributed by atoms with Crippen molar-refractivity contribution >= 4 is 34.2 Å². The first-order valence-corrected chi connectivity index (χ1v) is 11.6. The number of aromatic amines is 1. The van der Waals surface area contributed by atoms with Crippen molar-refractivity contribution in [3.8, 4) is 11.3 Å². The lowest BCUT2D eigenvalue weighted by Gasteiger charge is -2.18. The first-order valence-electron chi connectivity index (χ1n) is 11.6. The van der Waals surface area contributed by atoms with Crippen LogP contribution in [0.15, 0.2) is 43.0 Å². The van der Waals surface area contributed by atoms with Crippen molar-refractivity contribution < 1.29 is 9.59 Å². The second-order valence-electron chi connectivity index (χ2n) is 9.09. The van der Waals surface area contributed by atoms with Gasteiger partial charge < -0.3 is 20.5 Å². The van der Waals surface area contributed by atoms with Crippen LogP contribution >= 0.6 is 0 Å². The third-order valence-corrected chi connectivity index (χ3v) is 6.46. The number of nitrogens with one attached hydrogen (secondary N) is 3. The number of amides is 2. The van der Waals surface area contributed by atoms with E-state index in [1.54, 1.807) is 29.2 Å². The van der Waals surface area contributed by atoms with Gasteiger partial charge >= 0.3 is 0 Å². The Bertz CT molecular complexity index is 1410. The second kappa shape index (κ2) is 9.30. The van der Waals surface area contributed by atoms with Gasteiger partial charge in [0.1, 0.15) is 5.65 Å². The number of hydrogen-bond donors (Lipinski definition) is 3. The smallest absolute Gasteiger partial charge is 0.257 e. The fourth-order valence-electron chi connectivity index (χ4n) is 4.44. The maximum Gasteiger partial charge on any atom is 0.257 e. The zero-order valence-electron chi connectivity index (χ0n) is 20.0. The van der Waals surface area contributed by atoms with Gasteiger partial charge in [0.25, 0.3) is 5.91 Å². The third kappa shape index (κ3) is 4.92. The molecule has 0 saturated carbocycles. The van der Waals surface area contributed by atoms with E-state index in [1.807, 2.05) is 33.3 Å². The highest BCUT2D eigenvalue weighted by atomic mass is 16.2. The summed E-state index contributed by atoms with van der Waals surface area (Å²) in [6.45, 7) is 2.83. The molecule has 5 heterocycles. The van der Waals surface area contributed by atoms with Crippen molar-refractivity contribution in [3.05, 3.63) is 54.2 Å². The van der Waals surface area contributed by atoms with Crippen LogP contribution in [-0.4, -0.2) is 61.1 Å². The Morgan fingerprint density at radius 1 is 1.11 bits per heavy atom. The number of carbonyl (C=O) groups excluding carboxylic acids is 2. The Morgan fingerprint density at radius 3 is 2.71 bits per heavy atom. The summed E-state index contributed by atoms with van der Waals surface area (Å²) in [5.74, 6) is -0.359. The van der Waals surface area contributed by atoms with Gasteiger partial charge in [-0.05, 0) is 51.6 Å². The van der Waals surface area contributed by atoms with E-state index >= 15 is 0 Å². The summed E-state index contributed by atoms with van der Waals surface area (Å²) < 4.78 is 1.73. The Morgan fingerprint density at radius 2 is 1.97 bits per heavy atom. The fraction of sp³-hybridized carbons (Fsp3) is 0.320. The molecule has 35 heavy (non-hydrogen) atoms. The van der Waals surface area contributed by atoms with E-state index in [0.717, 1.165) is 36.0 Å². The Labute approximate surface area is 202 Å². The van der Waals surface area contributed by atoms with Crippen LogP contribution < -0.4 is 10.6 Å². The van der Waals surface area contributed by atoms with Gasteiger partial charge in [-0.2, -0.15) is 5.10 Å². The van der Waals surface area contributed by atoms with Crippen LogP contribution in [0.25, 0.3) is 22.3 Å². The van der Waals surface area contributed by atoms with Gasteiger partial charge in [0.15, 0.2) is 0 Å². The Hall–Kier alpha value is -4.05. The normalized spacial score (nSPS) is 16.0. The summed E-state index contributed by atoms with van der Waals surface area (Å²) in [4.78, 5) is 39.7. The number of pyridine rings is 2. The molecule has 0 aliphatic carbocycles. The molecule has 0 radical (unpaired) electrons. The molecule has 10 heteroatoms. The van der Waals surface area contributed by atoms with Crippen molar-refractivity contribution in [2.45, 2.75) is 32.2 Å². The van der Waals surface area contributed by atoms with E-state index in [2.05, 4.69) is 35.6 Å². The quantitative estimate of drug-likeness (QED) is 0.396. The highest BCUT2D eigenvalue weighted by molar-refractivity contribution is 6.06. The topological polar surface area (TPSA) is 121 Å². The van der Waals surface area contributed by atoms with Crippen molar-refractivity contribution in [2.24, 2.45) is 7.05 Å². The van der Waals surface area contributed by atoms with Crippen LogP contribution in [0.5, 0.6) is 0 Å². The van der Waals surface area contributed by atoms with Crippen LogP contribution in [0.1, 0.15) is 35.3 Å². The van der Waals surface area contributed by atoms with Crippen LogP contribution in [0.2, 0.25) is 0 Å². The predicted octanol–water partition coefficient (Wildman–Crippen LogP) is 3.34. The largest absolute Gasteiger partial charge is 0.339 e. The molecule has 5 rings (SSSR count). The lowest BCUT2D eigenvalue weighted by Crippen LogP contribution is -2.29. The maximum absolute atomic E-state index is 13.0. The number of aryl methyl sites for hydroxylation is 2. The summed E-state index contributed by atoms with van der Waals surface area (Å²) >= 11 is 0. The van der Waals surface area contributed by atoms with E-state index in [0.29, 0.717) is 34.7 Å². The van der Waals surface area contributed by atoms with Gasteiger partial charge in [-0.1, -0.05) is 0 Å². The van der Waals surface area contributed by atoms with Crippen molar-refractivity contribution in [1.82, 2.24) is 29.6 Å². The number of fused-ring (bicyclic) bond motifs is 1. The monoisotopic (exact) mass is 472 g/mol. The van der Waals surface area contributed by atoms with Crippen LogP contribution in [0.4, 0.5) is 11.4 Å². The van der Waals surface area contributed by atoms with E-state index in [9.17, 15) is 9.59 Å². The SMILES string of the molecule is Cc1ncc(NC(=O)CC2CCCN2C)cc1NC(=O)c1cnc2[nH]c(-c3cnn(C)c3)cc2c1. The third-order valence-electron chi connectivity index (χ3n) is 6.46. The maximum atomic E-state index is 13.0. The molecule has 180 valence electrons. The van der Waals surface area contributed by atoms with Crippen molar-refractivity contribution in [3.63, 3.8) is 0 Å². The molecular weight excluding hydrogens is 444 g/mol. The van der Waals surface area contributed by atoms with Gasteiger partial charge in [-0.3, -0.25) is 19.3 Å². The summed E-state index contributed by atoms with van der Waals surface area (Å²) in [6.07, 6.45) is 9.40. The average Bonchev–Trinajstić information content (AvgIpc) is 3.55. The number of anilines is 2. The molecule has 1 saturated heterocycles. The van der Waals surface area contributed by atoms with Crippen LogP contribution in [-0.2, 0) is 11.8 Å². The molecular formula is C25H28N8O2. The predicted molar refractivity (Wildman–Crippen MR) is 134 cm³/mol. The highest BCUT2D eigenvalue weighted by Crippen LogP contribution is 2.25. The molecule has 0 spiro atoms. The number of carbonyl (C=O) groups is 2. The molecule has 3 N–H and O–H groups in total. The van der Waals surface area contributed by atoms with E-state index in [-0.39, 0.29) is 17.9 Å². The van der Waals surface area contributed by atoms with Gasteiger partial charge in [0, 0.05) is 42.9 Å². The van der Waals surface area contributed by atoms with E-state index in [4.69, 9.17) is 0 Å². The zero-order chi connectivity index (χ0) is 24.5. The van der Waals surface area contributed by atoms with Crippen molar-refractivity contribution in [2.75, 3.05) is 24.2 Å². The average molecular weight is 473 g/mol. The van der Waals surface area contributed by atoms with E-state index < -0.39 is 0 Å². The molecule has 10 nitrogen and oxygen atoms in total. The molecule has 2 amide bonds. The van der Waals surface area contributed by atoms with Crippen LogP contribution in [0, 0.1) is 6.92 Å². The molecule has 1 aliphatic heterocycles. The first kappa shape index (κ1) is 22.7. The summed E-state index contributed by atoms with van der Waals surface area (Å²) in [5, 5.41) is 10.8. The number of likely N-dealkylation sites (tertiary alicyclic amines) is 1. The lowest BCUT2D eigenvalue weighted by atomic mass is 10.1. The summed E-state index contributed by atoms with van der Waals surface area (Å²) in [5.41, 5.74) is 4.68. The van der Waals surface area contributed by atoms with E-state index in [1.165, 1.54) is 6.20 Å².